The number of halogens is 1. The van der Waals surface area contributed by atoms with Crippen molar-refractivity contribution in [2.75, 3.05) is 7.11 Å². The molecule has 2 rings (SSSR count). The minimum Gasteiger partial charge on any atom is -0.496 e. The van der Waals surface area contributed by atoms with E-state index < -0.39 is 5.97 Å². The number of aromatic nitrogens is 1. The van der Waals surface area contributed by atoms with Crippen LogP contribution in [0, 0.1) is 0 Å². The zero-order valence-corrected chi connectivity index (χ0v) is 10.4. The van der Waals surface area contributed by atoms with Crippen molar-refractivity contribution in [3.8, 4) is 5.75 Å². The molecule has 0 saturated carbocycles. The number of nitrogens with zero attached hydrogens (tertiary/aromatic N) is 1. The second kappa shape index (κ2) is 4.80. The number of carbonyl (C=O) groups is 1. The Labute approximate surface area is 108 Å². The van der Waals surface area contributed by atoms with Crippen LogP contribution in [0.5, 0.6) is 5.75 Å². The molecule has 1 aromatic heterocycles. The van der Waals surface area contributed by atoms with Gasteiger partial charge >= 0.3 is 5.97 Å². The number of hydrogen-bond donors (Lipinski definition) is 2. The molecule has 1 heterocycles. The van der Waals surface area contributed by atoms with Crippen LogP contribution in [0.3, 0.4) is 0 Å². The van der Waals surface area contributed by atoms with E-state index in [0.29, 0.717) is 27.4 Å². The number of ether oxygens (including phenoxy) is 1. The zero-order chi connectivity index (χ0) is 13.3. The van der Waals surface area contributed by atoms with Gasteiger partial charge in [0.05, 0.1) is 34.3 Å². The summed E-state index contributed by atoms with van der Waals surface area (Å²) in [5, 5.41) is 9.99. The Kier molecular flexibility index (Phi) is 3.36. The molecule has 0 aliphatic carbocycles. The summed E-state index contributed by atoms with van der Waals surface area (Å²) < 4.78 is 5.15. The van der Waals surface area contributed by atoms with Crippen LogP contribution in [0.15, 0.2) is 18.2 Å². The molecule has 6 heteroatoms. The summed E-state index contributed by atoms with van der Waals surface area (Å²) in [7, 11) is 1.46. The van der Waals surface area contributed by atoms with Crippen LogP contribution in [-0.4, -0.2) is 23.2 Å². The number of methoxy groups -OCH3 is 1. The van der Waals surface area contributed by atoms with Crippen molar-refractivity contribution in [1.82, 2.24) is 4.98 Å². The molecule has 0 spiro atoms. The van der Waals surface area contributed by atoms with E-state index in [9.17, 15) is 9.90 Å². The second-order valence-corrected chi connectivity index (χ2v) is 4.05. The monoisotopic (exact) mass is 266 g/mol. The first-order valence-corrected chi connectivity index (χ1v) is 5.55. The third-order valence-electron chi connectivity index (χ3n) is 2.59. The van der Waals surface area contributed by atoms with Gasteiger partial charge < -0.3 is 15.6 Å². The van der Waals surface area contributed by atoms with E-state index >= 15 is 0 Å². The number of rotatable bonds is 3. The van der Waals surface area contributed by atoms with E-state index in [-0.39, 0.29) is 12.1 Å². The van der Waals surface area contributed by atoms with Gasteiger partial charge in [-0.25, -0.2) is 9.78 Å². The largest absolute Gasteiger partial charge is 0.496 e. The third-order valence-corrected chi connectivity index (χ3v) is 2.89. The lowest BCUT2D eigenvalue weighted by atomic mass is 10.1. The summed E-state index contributed by atoms with van der Waals surface area (Å²) in [6, 6.07) is 4.66. The van der Waals surface area contributed by atoms with Crippen LogP contribution in [0.25, 0.3) is 10.9 Å². The molecule has 2 aromatic rings. The topological polar surface area (TPSA) is 85.4 Å². The van der Waals surface area contributed by atoms with Gasteiger partial charge in [0.2, 0.25) is 0 Å². The third kappa shape index (κ3) is 1.98. The lowest BCUT2D eigenvalue weighted by Gasteiger charge is -2.10. The molecule has 5 nitrogen and oxygen atoms in total. The van der Waals surface area contributed by atoms with E-state index in [4.69, 9.17) is 22.1 Å². The van der Waals surface area contributed by atoms with E-state index in [1.165, 1.54) is 13.2 Å². The number of fused-ring (bicyclic) bond motifs is 1. The first-order chi connectivity index (χ1) is 8.58. The summed E-state index contributed by atoms with van der Waals surface area (Å²) in [6.45, 7) is 0.143. The summed E-state index contributed by atoms with van der Waals surface area (Å²) >= 11 is 6.04. The highest BCUT2D eigenvalue weighted by Crippen LogP contribution is 2.33. The molecular formula is C12H11ClN2O3. The Morgan fingerprint density at radius 2 is 2.28 bits per heavy atom. The highest BCUT2D eigenvalue weighted by molar-refractivity contribution is 6.35. The van der Waals surface area contributed by atoms with Crippen molar-refractivity contribution in [2.45, 2.75) is 6.54 Å². The molecule has 0 radical (unpaired) electrons. The first kappa shape index (κ1) is 12.6. The molecule has 94 valence electrons. The Morgan fingerprint density at radius 3 is 2.83 bits per heavy atom. The lowest BCUT2D eigenvalue weighted by molar-refractivity contribution is 0.0698. The van der Waals surface area contributed by atoms with E-state index in [1.807, 2.05) is 0 Å². The number of benzene rings is 1. The van der Waals surface area contributed by atoms with Crippen molar-refractivity contribution >= 4 is 28.5 Å². The van der Waals surface area contributed by atoms with Gasteiger partial charge in [-0.2, -0.15) is 0 Å². The van der Waals surface area contributed by atoms with Gasteiger partial charge in [-0.3, -0.25) is 0 Å². The molecule has 1 aromatic carbocycles. The van der Waals surface area contributed by atoms with Gasteiger partial charge in [0.15, 0.2) is 0 Å². The summed E-state index contributed by atoms with van der Waals surface area (Å²) in [5.74, 6) is -0.652. The molecule has 0 fully saturated rings. The summed E-state index contributed by atoms with van der Waals surface area (Å²) in [5.41, 5.74) is 6.44. The van der Waals surface area contributed by atoms with Crippen molar-refractivity contribution in [2.24, 2.45) is 5.73 Å². The maximum Gasteiger partial charge on any atom is 0.336 e. The minimum absolute atomic E-state index is 0.0831. The quantitative estimate of drug-likeness (QED) is 0.888. The van der Waals surface area contributed by atoms with Crippen LogP contribution in [-0.2, 0) is 6.54 Å². The van der Waals surface area contributed by atoms with Crippen molar-refractivity contribution in [1.29, 1.82) is 0 Å². The van der Waals surface area contributed by atoms with Crippen LogP contribution in [0.4, 0.5) is 0 Å². The molecule has 0 amide bonds. The van der Waals surface area contributed by atoms with Crippen molar-refractivity contribution < 1.29 is 14.6 Å². The molecule has 18 heavy (non-hydrogen) atoms. The maximum atomic E-state index is 11.3. The Hall–Kier alpha value is -1.85. The van der Waals surface area contributed by atoms with Crippen molar-refractivity contribution in [3.05, 3.63) is 34.5 Å². The van der Waals surface area contributed by atoms with Gasteiger partial charge in [0.1, 0.15) is 5.75 Å². The number of pyridine rings is 1. The number of carboxylic acids is 1. The van der Waals surface area contributed by atoms with E-state index in [1.54, 1.807) is 12.1 Å². The van der Waals surface area contributed by atoms with Gasteiger partial charge in [-0.05, 0) is 18.2 Å². The number of carboxylic acid groups (broad SMARTS) is 1. The molecule has 0 bridgehead atoms. The van der Waals surface area contributed by atoms with Crippen molar-refractivity contribution in [3.63, 3.8) is 0 Å². The number of nitrogens with two attached hydrogens (primary N) is 1. The fraction of sp³-hybridized carbons (Fsp3) is 0.167. The second-order valence-electron chi connectivity index (χ2n) is 3.64. The summed E-state index contributed by atoms with van der Waals surface area (Å²) in [4.78, 5) is 15.5. The molecule has 0 aliphatic rings. The number of aromatic carboxylic acids is 1. The Bertz CT molecular complexity index is 628. The standard InChI is InChI=1S/C12H11ClN2O3/c1-18-9-3-2-8(13)11-10(9)7(12(16)17)4-6(5-14)15-11/h2-4H,5,14H2,1H3,(H,16,17). The molecule has 0 aliphatic heterocycles. The summed E-state index contributed by atoms with van der Waals surface area (Å²) in [6.07, 6.45) is 0. The SMILES string of the molecule is COc1ccc(Cl)c2nc(CN)cc(C(=O)O)c12. The van der Waals surface area contributed by atoms with Crippen LogP contribution in [0.2, 0.25) is 5.02 Å². The average molecular weight is 267 g/mol. The minimum atomic E-state index is -1.07. The molecule has 0 unspecified atom stereocenters. The van der Waals surface area contributed by atoms with Crippen LogP contribution in [0.1, 0.15) is 16.1 Å². The highest BCUT2D eigenvalue weighted by atomic mass is 35.5. The smallest absolute Gasteiger partial charge is 0.336 e. The molecule has 0 saturated heterocycles. The highest BCUT2D eigenvalue weighted by Gasteiger charge is 2.17. The first-order valence-electron chi connectivity index (χ1n) is 5.18. The number of hydrogen-bond acceptors (Lipinski definition) is 4. The normalized spacial score (nSPS) is 10.6. The Balaban J connectivity index is 2.94. The lowest BCUT2D eigenvalue weighted by Crippen LogP contribution is -2.06. The Morgan fingerprint density at radius 1 is 1.56 bits per heavy atom. The van der Waals surface area contributed by atoms with Gasteiger partial charge in [0.25, 0.3) is 0 Å². The fourth-order valence-corrected chi connectivity index (χ4v) is 1.97. The molecular weight excluding hydrogens is 256 g/mol. The average Bonchev–Trinajstić information content (AvgIpc) is 2.38. The zero-order valence-electron chi connectivity index (χ0n) is 9.61. The molecule has 3 N–H and O–H groups in total. The predicted octanol–water partition coefficient (Wildman–Crippen LogP) is 2.05. The van der Waals surface area contributed by atoms with Gasteiger partial charge in [-0.15, -0.1) is 0 Å². The van der Waals surface area contributed by atoms with E-state index in [2.05, 4.69) is 4.98 Å². The van der Waals surface area contributed by atoms with Crippen LogP contribution >= 0.6 is 11.6 Å². The van der Waals surface area contributed by atoms with E-state index in [0.717, 1.165) is 0 Å². The predicted molar refractivity (Wildman–Crippen MR) is 68.2 cm³/mol. The van der Waals surface area contributed by atoms with Gasteiger partial charge in [-0.1, -0.05) is 11.6 Å². The fourth-order valence-electron chi connectivity index (χ4n) is 1.77. The van der Waals surface area contributed by atoms with Crippen LogP contribution < -0.4 is 10.5 Å². The van der Waals surface area contributed by atoms with Gasteiger partial charge in [0, 0.05) is 6.54 Å². The molecule has 0 atom stereocenters. The maximum absolute atomic E-state index is 11.3.